The maximum absolute atomic E-state index is 6.04. The fraction of sp³-hybridized carbons (Fsp3) is 0.308. The maximum Gasteiger partial charge on any atom is 0.0935 e. The highest BCUT2D eigenvalue weighted by atomic mass is 35.5. The summed E-state index contributed by atoms with van der Waals surface area (Å²) in [6.07, 6.45) is 1.99. The van der Waals surface area contributed by atoms with Gasteiger partial charge in [-0.25, -0.2) is 5.12 Å². The van der Waals surface area contributed by atoms with Crippen LogP contribution in [0.1, 0.15) is 32.4 Å². The fourth-order valence-corrected chi connectivity index (χ4v) is 2.17. The highest BCUT2D eigenvalue weighted by Gasteiger charge is 2.19. The van der Waals surface area contributed by atoms with Crippen LogP contribution in [0.15, 0.2) is 35.1 Å². The Morgan fingerprint density at radius 3 is 2.78 bits per heavy atom. The number of hydrogen-bond acceptors (Lipinski definition) is 4. The minimum atomic E-state index is 0.00213. The molecule has 96 valence electrons. The number of halogens is 1. The summed E-state index contributed by atoms with van der Waals surface area (Å²) in [5, 5.41) is 6.82. The molecular formula is C13H17ClN4. The van der Waals surface area contributed by atoms with Gasteiger partial charge in [-0.1, -0.05) is 23.7 Å². The van der Waals surface area contributed by atoms with Gasteiger partial charge in [0.2, 0.25) is 0 Å². The molecule has 2 rings (SSSR count). The van der Waals surface area contributed by atoms with Gasteiger partial charge in [-0.05, 0) is 32.9 Å². The number of para-hydroxylation sites is 1. The van der Waals surface area contributed by atoms with E-state index in [9.17, 15) is 0 Å². The van der Waals surface area contributed by atoms with Gasteiger partial charge >= 0.3 is 0 Å². The van der Waals surface area contributed by atoms with Crippen LogP contribution in [0.5, 0.6) is 0 Å². The monoisotopic (exact) mass is 264 g/mol. The summed E-state index contributed by atoms with van der Waals surface area (Å²) >= 11 is 6.04. The van der Waals surface area contributed by atoms with Gasteiger partial charge in [0.15, 0.2) is 0 Å². The zero-order chi connectivity index (χ0) is 13.3. The second kappa shape index (κ2) is 4.90. The molecule has 0 saturated heterocycles. The Bertz CT molecular complexity index is 522. The van der Waals surface area contributed by atoms with E-state index in [4.69, 9.17) is 17.3 Å². The van der Waals surface area contributed by atoms with E-state index in [1.807, 2.05) is 39.0 Å². The average molecular weight is 265 g/mol. The summed E-state index contributed by atoms with van der Waals surface area (Å²) < 4.78 is 0. The molecule has 1 atom stereocenters. The van der Waals surface area contributed by atoms with Gasteiger partial charge < -0.3 is 5.73 Å². The fourth-order valence-electron chi connectivity index (χ4n) is 1.98. The SMILES string of the molecule is CC1=CC(C)=NN(C(C)c2cccc(Cl)c2N)N1. The zero-order valence-electron chi connectivity index (χ0n) is 10.7. The summed E-state index contributed by atoms with van der Waals surface area (Å²) in [5.74, 6) is 0. The predicted octanol–water partition coefficient (Wildman–Crippen LogP) is 3.08. The molecule has 1 unspecified atom stereocenters. The number of hydrazine groups is 1. The first-order valence-corrected chi connectivity index (χ1v) is 6.20. The Hall–Kier alpha value is -1.68. The van der Waals surface area contributed by atoms with Crippen LogP contribution in [-0.4, -0.2) is 10.8 Å². The topological polar surface area (TPSA) is 53.6 Å². The van der Waals surface area contributed by atoms with Gasteiger partial charge in [-0.3, -0.25) is 5.43 Å². The first-order chi connectivity index (χ1) is 8.49. The van der Waals surface area contributed by atoms with Gasteiger partial charge in [0.05, 0.1) is 22.5 Å². The van der Waals surface area contributed by atoms with Crippen LogP contribution in [0, 0.1) is 0 Å². The average Bonchev–Trinajstić information content (AvgIpc) is 2.30. The van der Waals surface area contributed by atoms with E-state index in [1.54, 1.807) is 11.2 Å². The van der Waals surface area contributed by atoms with E-state index in [1.165, 1.54) is 0 Å². The van der Waals surface area contributed by atoms with E-state index in [0.717, 1.165) is 17.0 Å². The van der Waals surface area contributed by atoms with Crippen molar-refractivity contribution in [3.05, 3.63) is 40.6 Å². The maximum atomic E-state index is 6.04. The van der Waals surface area contributed by atoms with Crippen molar-refractivity contribution in [1.82, 2.24) is 10.5 Å². The number of anilines is 1. The number of nitrogens with two attached hydrogens (primary N) is 1. The normalized spacial score (nSPS) is 16.8. The molecule has 1 aliphatic heterocycles. The molecular weight excluding hydrogens is 248 g/mol. The van der Waals surface area contributed by atoms with E-state index in [-0.39, 0.29) is 6.04 Å². The molecule has 18 heavy (non-hydrogen) atoms. The largest absolute Gasteiger partial charge is 0.397 e. The predicted molar refractivity (Wildman–Crippen MR) is 76.1 cm³/mol. The molecule has 0 radical (unpaired) electrons. The van der Waals surface area contributed by atoms with Crippen molar-refractivity contribution in [1.29, 1.82) is 0 Å². The zero-order valence-corrected chi connectivity index (χ0v) is 11.5. The van der Waals surface area contributed by atoms with Crippen molar-refractivity contribution in [2.75, 3.05) is 5.73 Å². The highest BCUT2D eigenvalue weighted by molar-refractivity contribution is 6.33. The molecule has 1 aromatic carbocycles. The third kappa shape index (κ3) is 2.43. The number of allylic oxidation sites excluding steroid dienone is 2. The quantitative estimate of drug-likeness (QED) is 0.807. The molecule has 1 aliphatic rings. The Morgan fingerprint density at radius 2 is 2.11 bits per heavy atom. The van der Waals surface area contributed by atoms with Gasteiger partial charge in [0, 0.05) is 11.3 Å². The van der Waals surface area contributed by atoms with Crippen LogP contribution in [0.25, 0.3) is 0 Å². The number of hydrogen-bond donors (Lipinski definition) is 2. The molecule has 0 amide bonds. The van der Waals surface area contributed by atoms with E-state index in [2.05, 4.69) is 10.5 Å². The number of hydrazone groups is 1. The second-order valence-electron chi connectivity index (χ2n) is 4.44. The van der Waals surface area contributed by atoms with Crippen molar-refractivity contribution < 1.29 is 0 Å². The molecule has 1 aromatic rings. The summed E-state index contributed by atoms with van der Waals surface area (Å²) in [5.41, 5.74) is 12.8. The van der Waals surface area contributed by atoms with Gasteiger partial charge in [0.25, 0.3) is 0 Å². The minimum Gasteiger partial charge on any atom is -0.397 e. The molecule has 0 fully saturated rings. The van der Waals surface area contributed by atoms with Crippen molar-refractivity contribution >= 4 is 23.0 Å². The molecule has 1 heterocycles. The Kier molecular flexibility index (Phi) is 3.48. The smallest absolute Gasteiger partial charge is 0.0935 e. The molecule has 5 heteroatoms. The molecule has 3 N–H and O–H groups in total. The number of nitrogens with one attached hydrogen (secondary N) is 1. The molecule has 0 saturated carbocycles. The van der Waals surface area contributed by atoms with Crippen molar-refractivity contribution in [3.63, 3.8) is 0 Å². The van der Waals surface area contributed by atoms with Gasteiger partial charge in [-0.2, -0.15) is 5.10 Å². The minimum absolute atomic E-state index is 0.00213. The summed E-state index contributed by atoms with van der Waals surface area (Å²) in [6.45, 7) is 6.00. The second-order valence-corrected chi connectivity index (χ2v) is 4.85. The first kappa shape index (κ1) is 12.8. The number of nitrogen functional groups attached to an aromatic ring is 1. The van der Waals surface area contributed by atoms with E-state index in [0.29, 0.717) is 10.7 Å². The van der Waals surface area contributed by atoms with Crippen molar-refractivity contribution in [2.45, 2.75) is 26.8 Å². The van der Waals surface area contributed by atoms with Gasteiger partial charge in [0.1, 0.15) is 0 Å². The molecule has 0 spiro atoms. The van der Waals surface area contributed by atoms with Crippen LogP contribution >= 0.6 is 11.6 Å². The van der Waals surface area contributed by atoms with Crippen molar-refractivity contribution in [3.8, 4) is 0 Å². The van der Waals surface area contributed by atoms with E-state index >= 15 is 0 Å². The number of rotatable bonds is 2. The highest BCUT2D eigenvalue weighted by Crippen LogP contribution is 2.30. The third-order valence-corrected chi connectivity index (χ3v) is 3.21. The summed E-state index contributed by atoms with van der Waals surface area (Å²) in [6, 6.07) is 5.65. The summed E-state index contributed by atoms with van der Waals surface area (Å²) in [4.78, 5) is 0. The third-order valence-electron chi connectivity index (χ3n) is 2.89. The van der Waals surface area contributed by atoms with Crippen LogP contribution in [-0.2, 0) is 0 Å². The first-order valence-electron chi connectivity index (χ1n) is 5.82. The lowest BCUT2D eigenvalue weighted by atomic mass is 10.1. The molecule has 0 bridgehead atoms. The molecule has 0 aliphatic carbocycles. The lowest BCUT2D eigenvalue weighted by Crippen LogP contribution is -2.38. The standard InChI is InChI=1S/C13H17ClN4/c1-8-7-9(2)17-18(16-8)10(3)11-5-4-6-12(14)13(11)15/h4-7,10,16H,15H2,1-3H3. The lowest BCUT2D eigenvalue weighted by Gasteiger charge is -2.31. The summed E-state index contributed by atoms with van der Waals surface area (Å²) in [7, 11) is 0. The molecule has 4 nitrogen and oxygen atoms in total. The van der Waals surface area contributed by atoms with Crippen LogP contribution in [0.2, 0.25) is 5.02 Å². The number of nitrogens with zero attached hydrogens (tertiary/aromatic N) is 2. The van der Waals surface area contributed by atoms with Crippen LogP contribution in [0.4, 0.5) is 5.69 Å². The van der Waals surface area contributed by atoms with E-state index < -0.39 is 0 Å². The Labute approximate surface area is 112 Å². The Balaban J connectivity index is 2.30. The van der Waals surface area contributed by atoms with Gasteiger partial charge in [-0.15, -0.1) is 0 Å². The van der Waals surface area contributed by atoms with Crippen LogP contribution < -0.4 is 11.2 Å². The van der Waals surface area contributed by atoms with Crippen molar-refractivity contribution in [2.24, 2.45) is 5.10 Å². The molecule has 0 aromatic heterocycles. The van der Waals surface area contributed by atoms with Crippen LogP contribution in [0.3, 0.4) is 0 Å². The lowest BCUT2D eigenvalue weighted by molar-refractivity contribution is 0.159. The Morgan fingerprint density at radius 1 is 1.39 bits per heavy atom. The number of benzene rings is 1.